The van der Waals surface area contributed by atoms with Gasteiger partial charge in [-0.15, -0.1) is 10.2 Å². The number of nitrogens with one attached hydrogen (secondary N) is 1. The van der Waals surface area contributed by atoms with Crippen molar-refractivity contribution in [3.63, 3.8) is 0 Å². The number of halogens is 4. The Morgan fingerprint density at radius 1 is 1.16 bits per heavy atom. The van der Waals surface area contributed by atoms with Gasteiger partial charge in [0, 0.05) is 11.7 Å². The molecule has 0 aliphatic heterocycles. The van der Waals surface area contributed by atoms with Gasteiger partial charge in [0.05, 0.1) is 16.3 Å². The van der Waals surface area contributed by atoms with E-state index in [0.717, 1.165) is 25.0 Å². The maximum Gasteiger partial charge on any atom is 0.416 e. The molecule has 1 amide bonds. The van der Waals surface area contributed by atoms with Crippen LogP contribution in [0.4, 0.5) is 18.9 Å². The first-order valence-corrected chi connectivity index (χ1v) is 11.1. The normalized spacial score (nSPS) is 13.8. The summed E-state index contributed by atoms with van der Waals surface area (Å²) < 4.78 is 45.7. The van der Waals surface area contributed by atoms with Gasteiger partial charge in [0.15, 0.2) is 11.0 Å². The third-order valence-electron chi connectivity index (χ3n) is 4.67. The highest BCUT2D eigenvalue weighted by molar-refractivity contribution is 7.99. The van der Waals surface area contributed by atoms with Crippen LogP contribution in [0.25, 0.3) is 0 Å². The van der Waals surface area contributed by atoms with Crippen molar-refractivity contribution in [3.05, 3.63) is 64.9 Å². The number of anilines is 1. The molecule has 32 heavy (non-hydrogen) atoms. The zero-order chi connectivity index (χ0) is 22.7. The first kappa shape index (κ1) is 22.5. The Labute approximate surface area is 191 Å². The topological polar surface area (TPSA) is 69.0 Å². The van der Waals surface area contributed by atoms with E-state index >= 15 is 0 Å². The minimum absolute atomic E-state index is 0.0389. The maximum atomic E-state index is 12.7. The molecular formula is C21H18ClF3N4O2S. The number of carbonyl (C=O) groups is 1. The lowest BCUT2D eigenvalue weighted by Gasteiger charge is -2.11. The van der Waals surface area contributed by atoms with Crippen LogP contribution in [0.5, 0.6) is 5.75 Å². The Kier molecular flexibility index (Phi) is 6.61. The van der Waals surface area contributed by atoms with Crippen molar-refractivity contribution < 1.29 is 22.7 Å². The fraction of sp³-hybridized carbons (Fsp3) is 0.286. The number of ether oxygens (including phenoxy) is 1. The van der Waals surface area contributed by atoms with Gasteiger partial charge in [-0.3, -0.25) is 9.36 Å². The van der Waals surface area contributed by atoms with Crippen molar-refractivity contribution in [3.8, 4) is 5.75 Å². The quantitative estimate of drug-likeness (QED) is 0.423. The van der Waals surface area contributed by atoms with Crippen LogP contribution < -0.4 is 10.1 Å². The van der Waals surface area contributed by atoms with Crippen LogP contribution in [-0.4, -0.2) is 26.4 Å². The molecule has 1 saturated carbocycles. The van der Waals surface area contributed by atoms with Gasteiger partial charge < -0.3 is 10.1 Å². The summed E-state index contributed by atoms with van der Waals surface area (Å²) in [5.41, 5.74) is -0.477. The monoisotopic (exact) mass is 482 g/mol. The van der Waals surface area contributed by atoms with E-state index in [4.69, 9.17) is 16.3 Å². The predicted octanol–water partition coefficient (Wildman–Crippen LogP) is 5.60. The van der Waals surface area contributed by atoms with Gasteiger partial charge in [-0.05, 0) is 49.2 Å². The summed E-state index contributed by atoms with van der Waals surface area (Å²) in [6, 6.07) is 11.7. The average molecular weight is 483 g/mol. The molecule has 1 aliphatic rings. The van der Waals surface area contributed by atoms with E-state index in [1.807, 2.05) is 16.7 Å². The fourth-order valence-electron chi connectivity index (χ4n) is 2.98. The fourth-order valence-corrected chi connectivity index (χ4v) is 3.99. The van der Waals surface area contributed by atoms with Gasteiger partial charge in [0.25, 0.3) is 0 Å². The third-order valence-corrected chi connectivity index (χ3v) is 5.92. The zero-order valence-corrected chi connectivity index (χ0v) is 18.2. The Morgan fingerprint density at radius 3 is 2.53 bits per heavy atom. The van der Waals surface area contributed by atoms with Crippen LogP contribution >= 0.6 is 23.4 Å². The molecule has 1 aromatic heterocycles. The van der Waals surface area contributed by atoms with Crippen molar-refractivity contribution in [2.45, 2.75) is 36.8 Å². The van der Waals surface area contributed by atoms with Crippen LogP contribution in [0.1, 0.15) is 30.3 Å². The number of nitrogens with zero attached hydrogens (tertiary/aromatic N) is 3. The lowest BCUT2D eigenvalue weighted by Crippen LogP contribution is -2.15. The predicted molar refractivity (Wildman–Crippen MR) is 115 cm³/mol. The minimum Gasteiger partial charge on any atom is -0.484 e. The first-order chi connectivity index (χ1) is 15.3. The van der Waals surface area contributed by atoms with E-state index in [-0.39, 0.29) is 24.3 Å². The highest BCUT2D eigenvalue weighted by Gasteiger charge is 2.31. The molecule has 168 valence electrons. The number of para-hydroxylation sites is 1. The smallest absolute Gasteiger partial charge is 0.416 e. The molecule has 0 radical (unpaired) electrons. The van der Waals surface area contributed by atoms with Crippen molar-refractivity contribution in [2.75, 3.05) is 11.1 Å². The number of alkyl halides is 3. The van der Waals surface area contributed by atoms with Crippen molar-refractivity contribution in [1.82, 2.24) is 14.8 Å². The molecule has 3 aromatic rings. The highest BCUT2D eigenvalue weighted by Crippen LogP contribution is 2.39. The largest absolute Gasteiger partial charge is 0.484 e. The molecule has 1 aliphatic carbocycles. The second-order valence-electron chi connectivity index (χ2n) is 7.13. The number of thioether (sulfide) groups is 1. The van der Waals surface area contributed by atoms with Gasteiger partial charge in [0.1, 0.15) is 12.4 Å². The van der Waals surface area contributed by atoms with Gasteiger partial charge in [-0.25, -0.2) is 0 Å². The molecule has 0 bridgehead atoms. The number of hydrogen-bond donors (Lipinski definition) is 1. The van der Waals surface area contributed by atoms with E-state index in [1.165, 1.54) is 23.9 Å². The summed E-state index contributed by atoms with van der Waals surface area (Å²) >= 11 is 7.33. The summed E-state index contributed by atoms with van der Waals surface area (Å²) in [6.45, 7) is 0.186. The van der Waals surface area contributed by atoms with E-state index in [1.54, 1.807) is 12.1 Å². The number of aromatic nitrogens is 3. The molecule has 6 nitrogen and oxygen atoms in total. The van der Waals surface area contributed by atoms with Crippen LogP contribution in [0.15, 0.2) is 53.7 Å². The maximum absolute atomic E-state index is 12.7. The van der Waals surface area contributed by atoms with Crippen molar-refractivity contribution >= 4 is 35.0 Å². The SMILES string of the molecule is O=C(CSc1nnc(COc2ccccc2Cl)n1C1CC1)Nc1ccc(C(F)(F)F)cc1. The van der Waals surface area contributed by atoms with Crippen molar-refractivity contribution in [1.29, 1.82) is 0 Å². The van der Waals surface area contributed by atoms with Crippen LogP contribution in [0, 0.1) is 0 Å². The summed E-state index contributed by atoms with van der Waals surface area (Å²) in [5, 5.41) is 12.1. The van der Waals surface area contributed by atoms with Crippen molar-refractivity contribution in [2.24, 2.45) is 0 Å². The van der Waals surface area contributed by atoms with Crippen LogP contribution in [0.3, 0.4) is 0 Å². The first-order valence-electron chi connectivity index (χ1n) is 9.72. The number of benzene rings is 2. The molecule has 11 heteroatoms. The molecule has 2 aromatic carbocycles. The molecular weight excluding hydrogens is 465 g/mol. The minimum atomic E-state index is -4.42. The molecule has 1 N–H and O–H groups in total. The Bertz CT molecular complexity index is 1100. The molecule has 4 rings (SSSR count). The zero-order valence-electron chi connectivity index (χ0n) is 16.6. The Balaban J connectivity index is 1.36. The second-order valence-corrected chi connectivity index (χ2v) is 8.48. The highest BCUT2D eigenvalue weighted by atomic mass is 35.5. The standard InChI is InChI=1S/C21H18ClF3N4O2S/c22-16-3-1-2-4-17(16)31-11-18-27-28-20(29(18)15-9-10-15)32-12-19(30)26-14-7-5-13(6-8-14)21(23,24)25/h1-8,15H,9-12H2,(H,26,30). The molecule has 1 fully saturated rings. The number of hydrogen-bond acceptors (Lipinski definition) is 5. The summed E-state index contributed by atoms with van der Waals surface area (Å²) in [6.07, 6.45) is -2.44. The summed E-state index contributed by atoms with van der Waals surface area (Å²) in [5.74, 6) is 0.869. The number of amides is 1. The van der Waals surface area contributed by atoms with E-state index in [2.05, 4.69) is 15.5 Å². The van der Waals surface area contributed by atoms with E-state index in [9.17, 15) is 18.0 Å². The third kappa shape index (κ3) is 5.55. The number of rotatable bonds is 8. The molecule has 1 heterocycles. The lowest BCUT2D eigenvalue weighted by molar-refractivity contribution is -0.137. The van der Waals surface area contributed by atoms with Gasteiger partial charge >= 0.3 is 6.18 Å². The molecule has 0 unspecified atom stereocenters. The van der Waals surface area contributed by atoms with E-state index in [0.29, 0.717) is 27.4 Å². The average Bonchev–Trinajstić information content (AvgIpc) is 3.51. The Morgan fingerprint density at radius 2 is 1.88 bits per heavy atom. The molecule has 0 spiro atoms. The van der Waals surface area contributed by atoms with E-state index < -0.39 is 11.7 Å². The lowest BCUT2D eigenvalue weighted by atomic mass is 10.2. The van der Waals surface area contributed by atoms with Gasteiger partial charge in [-0.1, -0.05) is 35.5 Å². The number of carbonyl (C=O) groups excluding carboxylic acids is 1. The van der Waals surface area contributed by atoms with Crippen LogP contribution in [0.2, 0.25) is 5.02 Å². The molecule has 0 atom stereocenters. The summed E-state index contributed by atoms with van der Waals surface area (Å²) in [7, 11) is 0. The van der Waals surface area contributed by atoms with Crippen LogP contribution in [-0.2, 0) is 17.6 Å². The van der Waals surface area contributed by atoms with Gasteiger partial charge in [-0.2, -0.15) is 13.2 Å². The Hall–Kier alpha value is -2.72. The molecule has 0 saturated heterocycles. The summed E-state index contributed by atoms with van der Waals surface area (Å²) in [4.78, 5) is 12.3. The van der Waals surface area contributed by atoms with Gasteiger partial charge in [0.2, 0.25) is 5.91 Å². The second kappa shape index (κ2) is 9.41.